The summed E-state index contributed by atoms with van der Waals surface area (Å²) in [5.41, 5.74) is 13.5. The SMILES string of the molecule is c1ccc(-n2c3ccccc3c3c(-c4ccccc4N(c4ccccc4-c4cccc5cccc(C6CCCCC6)c45)c4cccc5sc6ccccc6c45)cccc32)cc1. The van der Waals surface area contributed by atoms with Gasteiger partial charge in [0.05, 0.1) is 28.1 Å². The Morgan fingerprint density at radius 2 is 0.951 bits per heavy atom. The van der Waals surface area contributed by atoms with Gasteiger partial charge in [-0.05, 0) is 101 Å². The van der Waals surface area contributed by atoms with E-state index in [0.717, 1.165) is 11.4 Å². The Morgan fingerprint density at radius 3 is 1.74 bits per heavy atom. The standard InChI is InChI=1S/C58H44N2S/c1-3-19-39(20-4-1)42-29-15-21-40-22-16-30-45(56(40)42)43-25-7-11-32-49(43)60(53-36-18-38-55-58(53)48-28-10-14-37-54(48)61-55)50-33-12-8-26-44(50)46-31-17-35-52-57(46)47-27-9-13-34-51(47)59(52)41-23-5-2-6-24-41/h2,5-18,21-39H,1,3-4,19-20H2. The van der Waals surface area contributed by atoms with Crippen molar-refractivity contribution < 1.29 is 0 Å². The van der Waals surface area contributed by atoms with E-state index in [0.29, 0.717) is 5.92 Å². The Labute approximate surface area is 360 Å². The van der Waals surface area contributed by atoms with Gasteiger partial charge in [0.25, 0.3) is 0 Å². The molecule has 2 aromatic heterocycles. The van der Waals surface area contributed by atoms with Crippen molar-refractivity contribution in [2.45, 2.75) is 38.0 Å². The van der Waals surface area contributed by atoms with Gasteiger partial charge in [0.15, 0.2) is 0 Å². The summed E-state index contributed by atoms with van der Waals surface area (Å²) in [7, 11) is 0. The van der Waals surface area contributed by atoms with E-state index in [2.05, 4.69) is 210 Å². The first-order valence-corrected chi connectivity index (χ1v) is 22.6. The van der Waals surface area contributed by atoms with E-state index < -0.39 is 0 Å². The van der Waals surface area contributed by atoms with Crippen molar-refractivity contribution in [2.24, 2.45) is 0 Å². The van der Waals surface area contributed by atoms with E-state index in [1.54, 1.807) is 0 Å². The van der Waals surface area contributed by atoms with Crippen LogP contribution in [0.15, 0.2) is 200 Å². The van der Waals surface area contributed by atoms with Crippen molar-refractivity contribution in [3.63, 3.8) is 0 Å². The molecule has 1 saturated carbocycles. The maximum atomic E-state index is 2.59. The predicted octanol–water partition coefficient (Wildman–Crippen LogP) is 17.2. The van der Waals surface area contributed by atoms with E-state index in [1.165, 1.54) is 124 Å². The number of aromatic nitrogens is 1. The fourth-order valence-corrected chi connectivity index (χ4v) is 11.7. The minimum absolute atomic E-state index is 0.576. The number of rotatable bonds is 7. The summed E-state index contributed by atoms with van der Waals surface area (Å²) >= 11 is 1.88. The molecule has 12 rings (SSSR count). The monoisotopic (exact) mass is 800 g/mol. The van der Waals surface area contributed by atoms with Crippen molar-refractivity contribution in [3.8, 4) is 27.9 Å². The van der Waals surface area contributed by atoms with Gasteiger partial charge in [0.1, 0.15) is 0 Å². The quantitative estimate of drug-likeness (QED) is 0.156. The maximum Gasteiger partial charge on any atom is 0.0555 e. The minimum atomic E-state index is 0.576. The smallest absolute Gasteiger partial charge is 0.0555 e. The van der Waals surface area contributed by atoms with Crippen LogP contribution in [-0.2, 0) is 0 Å². The number of anilines is 3. The molecule has 0 spiro atoms. The van der Waals surface area contributed by atoms with Crippen LogP contribution in [0.2, 0.25) is 0 Å². The van der Waals surface area contributed by atoms with Crippen molar-refractivity contribution in [3.05, 3.63) is 206 Å². The first-order valence-electron chi connectivity index (χ1n) is 21.8. The number of hydrogen-bond acceptors (Lipinski definition) is 2. The molecule has 0 radical (unpaired) electrons. The van der Waals surface area contributed by atoms with Crippen molar-refractivity contribution in [1.29, 1.82) is 0 Å². The summed E-state index contributed by atoms with van der Waals surface area (Å²) in [6.45, 7) is 0. The second kappa shape index (κ2) is 15.0. The van der Waals surface area contributed by atoms with Crippen LogP contribution < -0.4 is 4.90 Å². The van der Waals surface area contributed by atoms with Gasteiger partial charge in [-0.25, -0.2) is 0 Å². The highest BCUT2D eigenvalue weighted by Crippen LogP contribution is 2.52. The molecule has 0 bridgehead atoms. The highest BCUT2D eigenvalue weighted by Gasteiger charge is 2.27. The third kappa shape index (κ3) is 5.90. The summed E-state index contributed by atoms with van der Waals surface area (Å²) in [6.07, 6.45) is 6.47. The van der Waals surface area contributed by atoms with Gasteiger partial charge in [-0.2, -0.15) is 0 Å². The molecule has 1 aliphatic rings. The summed E-state index contributed by atoms with van der Waals surface area (Å²) in [5.74, 6) is 0.576. The van der Waals surface area contributed by atoms with E-state index in [-0.39, 0.29) is 0 Å². The lowest BCUT2D eigenvalue weighted by atomic mass is 9.80. The lowest BCUT2D eigenvalue weighted by Crippen LogP contribution is -2.13. The second-order valence-corrected chi connectivity index (χ2v) is 17.7. The topological polar surface area (TPSA) is 8.17 Å². The molecule has 61 heavy (non-hydrogen) atoms. The third-order valence-electron chi connectivity index (χ3n) is 13.2. The Balaban J connectivity index is 1.17. The molecule has 11 aromatic rings. The number of hydrogen-bond donors (Lipinski definition) is 0. The zero-order chi connectivity index (χ0) is 40.3. The van der Waals surface area contributed by atoms with Gasteiger partial charge in [-0.15, -0.1) is 11.3 Å². The molecule has 0 aliphatic heterocycles. The molecule has 1 fully saturated rings. The number of para-hydroxylation sites is 4. The number of nitrogens with zero attached hydrogens (tertiary/aromatic N) is 2. The average molecular weight is 801 g/mol. The molecule has 1 aliphatic carbocycles. The predicted molar refractivity (Wildman–Crippen MR) is 263 cm³/mol. The fraction of sp³-hybridized carbons (Fsp3) is 0.103. The van der Waals surface area contributed by atoms with Gasteiger partial charge >= 0.3 is 0 Å². The van der Waals surface area contributed by atoms with Gasteiger partial charge in [0, 0.05) is 47.8 Å². The van der Waals surface area contributed by atoms with Crippen LogP contribution >= 0.6 is 11.3 Å². The van der Waals surface area contributed by atoms with Crippen LogP contribution in [0.1, 0.15) is 43.6 Å². The summed E-state index contributed by atoms with van der Waals surface area (Å²) < 4.78 is 5.01. The van der Waals surface area contributed by atoms with Crippen LogP contribution in [0.4, 0.5) is 17.1 Å². The van der Waals surface area contributed by atoms with Gasteiger partial charge < -0.3 is 9.47 Å². The van der Waals surface area contributed by atoms with Crippen LogP contribution in [0.25, 0.3) is 80.7 Å². The molecule has 0 amide bonds. The molecule has 0 saturated heterocycles. The van der Waals surface area contributed by atoms with Crippen molar-refractivity contribution in [2.75, 3.05) is 4.90 Å². The molecule has 292 valence electrons. The van der Waals surface area contributed by atoms with Gasteiger partial charge in [0.2, 0.25) is 0 Å². The van der Waals surface area contributed by atoms with E-state index in [1.807, 2.05) is 11.3 Å². The molecule has 2 nitrogen and oxygen atoms in total. The highest BCUT2D eigenvalue weighted by molar-refractivity contribution is 7.26. The minimum Gasteiger partial charge on any atom is -0.309 e. The molecular formula is C58H44N2S. The third-order valence-corrected chi connectivity index (χ3v) is 14.3. The molecule has 0 unspecified atom stereocenters. The first-order chi connectivity index (χ1) is 30.3. The zero-order valence-corrected chi connectivity index (χ0v) is 34.8. The molecule has 3 heteroatoms. The van der Waals surface area contributed by atoms with Crippen LogP contribution in [0.5, 0.6) is 0 Å². The van der Waals surface area contributed by atoms with Crippen LogP contribution in [0.3, 0.4) is 0 Å². The fourth-order valence-electron chi connectivity index (χ4n) is 10.6. The number of benzene rings is 9. The summed E-state index contributed by atoms with van der Waals surface area (Å²) in [4.78, 5) is 2.59. The lowest BCUT2D eigenvalue weighted by Gasteiger charge is -2.31. The summed E-state index contributed by atoms with van der Waals surface area (Å²) in [5, 5.41) is 7.79. The van der Waals surface area contributed by atoms with Gasteiger partial charge in [-0.1, -0.05) is 165 Å². The molecule has 0 atom stereocenters. The first kappa shape index (κ1) is 36.0. The van der Waals surface area contributed by atoms with Crippen molar-refractivity contribution >= 4 is 81.1 Å². The largest absolute Gasteiger partial charge is 0.309 e. The molecule has 9 aromatic carbocycles. The Morgan fingerprint density at radius 1 is 0.393 bits per heavy atom. The van der Waals surface area contributed by atoms with Gasteiger partial charge in [-0.3, -0.25) is 0 Å². The van der Waals surface area contributed by atoms with Crippen LogP contribution in [-0.4, -0.2) is 4.57 Å². The Kier molecular flexibility index (Phi) is 8.82. The molecule has 0 N–H and O–H groups in total. The van der Waals surface area contributed by atoms with Crippen LogP contribution in [0, 0.1) is 0 Å². The van der Waals surface area contributed by atoms with E-state index in [4.69, 9.17) is 0 Å². The Bertz CT molecular complexity index is 3420. The van der Waals surface area contributed by atoms with E-state index in [9.17, 15) is 0 Å². The number of fused-ring (bicyclic) bond motifs is 7. The van der Waals surface area contributed by atoms with E-state index >= 15 is 0 Å². The second-order valence-electron chi connectivity index (χ2n) is 16.6. The summed E-state index contributed by atoms with van der Waals surface area (Å²) in [6, 6.07) is 74.5. The molecule has 2 heterocycles. The van der Waals surface area contributed by atoms with Crippen molar-refractivity contribution in [1.82, 2.24) is 4.57 Å². The normalized spacial score (nSPS) is 13.5. The highest BCUT2D eigenvalue weighted by atomic mass is 32.1. The molecular weight excluding hydrogens is 757 g/mol. The average Bonchev–Trinajstić information content (AvgIpc) is 3.89. The Hall–Kier alpha value is -6.94. The maximum absolute atomic E-state index is 2.59. The lowest BCUT2D eigenvalue weighted by molar-refractivity contribution is 0.445. The number of thiophene rings is 1. The zero-order valence-electron chi connectivity index (χ0n) is 34.0.